The first-order valence-corrected chi connectivity index (χ1v) is 8.46. The first-order chi connectivity index (χ1) is 7.59. The predicted molar refractivity (Wildman–Crippen MR) is 59.3 cm³/mol. The summed E-state index contributed by atoms with van der Waals surface area (Å²) in [6.45, 7) is 5.86. The van der Waals surface area contributed by atoms with E-state index in [0.717, 1.165) is 6.92 Å². The van der Waals surface area contributed by atoms with E-state index in [9.17, 15) is 22.4 Å². The van der Waals surface area contributed by atoms with E-state index in [4.69, 9.17) is 0 Å². The Morgan fingerprint density at radius 2 is 1.29 bits per heavy atom. The lowest BCUT2D eigenvalue weighted by Crippen LogP contribution is -2.45. The molecule has 0 aliphatic rings. The summed E-state index contributed by atoms with van der Waals surface area (Å²) in [5.74, 6) is -7.65. The molecule has 0 radical (unpaired) electrons. The summed E-state index contributed by atoms with van der Waals surface area (Å²) in [5, 5.41) is -0.304. The third kappa shape index (κ3) is 2.26. The van der Waals surface area contributed by atoms with Crippen LogP contribution in [0.25, 0.3) is 0 Å². The quantitative estimate of drug-likeness (QED) is 0.264. The lowest BCUT2D eigenvalue weighted by atomic mass is 10.1. The SMILES string of the molecule is CC(=O)c1c(F)c(F)c(F)c(F)c1[Si](C)(C)C. The Bertz CT molecular complexity index is 491. The molecule has 0 amide bonds. The fourth-order valence-corrected chi connectivity index (χ4v) is 3.47. The van der Waals surface area contributed by atoms with Gasteiger partial charge in [0.1, 0.15) is 0 Å². The summed E-state index contributed by atoms with van der Waals surface area (Å²) in [5.41, 5.74) is -0.666. The number of carbonyl (C=O) groups is 1. The Balaban J connectivity index is 3.86. The van der Waals surface area contributed by atoms with Gasteiger partial charge in [-0.05, 0) is 12.1 Å². The van der Waals surface area contributed by atoms with Gasteiger partial charge < -0.3 is 0 Å². The van der Waals surface area contributed by atoms with Gasteiger partial charge in [-0.2, -0.15) is 0 Å². The maximum Gasteiger partial charge on any atom is 0.198 e. The van der Waals surface area contributed by atoms with Crippen molar-refractivity contribution in [1.82, 2.24) is 0 Å². The summed E-state index contributed by atoms with van der Waals surface area (Å²) in [6.07, 6.45) is 0. The summed E-state index contributed by atoms with van der Waals surface area (Å²) in [6, 6.07) is 0. The number of Topliss-reactive ketones (excluding diaryl/α,β-unsaturated/α-hetero) is 1. The summed E-state index contributed by atoms with van der Waals surface area (Å²) < 4.78 is 53.4. The number of halogens is 4. The molecule has 0 aliphatic heterocycles. The van der Waals surface area contributed by atoms with Crippen molar-refractivity contribution in [2.75, 3.05) is 0 Å². The Kier molecular flexibility index (Phi) is 3.47. The van der Waals surface area contributed by atoms with Gasteiger partial charge in [0.15, 0.2) is 29.1 Å². The van der Waals surface area contributed by atoms with Crippen LogP contribution in [-0.4, -0.2) is 13.9 Å². The van der Waals surface area contributed by atoms with Crippen molar-refractivity contribution in [3.05, 3.63) is 28.8 Å². The van der Waals surface area contributed by atoms with E-state index in [1.165, 1.54) is 0 Å². The largest absolute Gasteiger partial charge is 0.294 e. The maximum atomic E-state index is 13.7. The highest BCUT2D eigenvalue weighted by Gasteiger charge is 2.34. The van der Waals surface area contributed by atoms with Gasteiger partial charge in [-0.15, -0.1) is 0 Å². The molecular weight excluding hydrogens is 252 g/mol. The molecule has 0 N–H and O–H groups in total. The van der Waals surface area contributed by atoms with Crippen molar-refractivity contribution in [1.29, 1.82) is 0 Å². The molecule has 17 heavy (non-hydrogen) atoms. The topological polar surface area (TPSA) is 17.1 Å². The van der Waals surface area contributed by atoms with E-state index < -0.39 is 42.7 Å². The minimum atomic E-state index is -2.51. The summed E-state index contributed by atoms with van der Waals surface area (Å²) in [7, 11) is -2.51. The Hall–Kier alpha value is -1.17. The fraction of sp³-hybridized carbons (Fsp3) is 0.364. The lowest BCUT2D eigenvalue weighted by molar-refractivity contribution is 0.101. The highest BCUT2D eigenvalue weighted by Crippen LogP contribution is 2.21. The van der Waals surface area contributed by atoms with E-state index in [1.807, 2.05) is 0 Å². The number of hydrogen-bond donors (Lipinski definition) is 0. The van der Waals surface area contributed by atoms with Crippen LogP contribution in [0.2, 0.25) is 19.6 Å². The van der Waals surface area contributed by atoms with Crippen LogP contribution in [0.1, 0.15) is 17.3 Å². The second kappa shape index (κ2) is 4.25. The van der Waals surface area contributed by atoms with Gasteiger partial charge in [0.25, 0.3) is 0 Å². The highest BCUT2D eigenvalue weighted by atomic mass is 28.3. The normalized spacial score (nSPS) is 11.8. The van der Waals surface area contributed by atoms with Crippen molar-refractivity contribution in [3.63, 3.8) is 0 Å². The van der Waals surface area contributed by atoms with Crippen molar-refractivity contribution < 1.29 is 22.4 Å². The van der Waals surface area contributed by atoms with Crippen molar-refractivity contribution in [2.24, 2.45) is 0 Å². The van der Waals surface area contributed by atoms with Crippen LogP contribution < -0.4 is 5.19 Å². The number of benzene rings is 1. The Labute approximate surface area is 97.5 Å². The number of rotatable bonds is 2. The first kappa shape index (κ1) is 13.9. The van der Waals surface area contributed by atoms with Gasteiger partial charge in [-0.3, -0.25) is 4.79 Å². The van der Waals surface area contributed by atoms with Gasteiger partial charge >= 0.3 is 0 Å². The van der Waals surface area contributed by atoms with Crippen molar-refractivity contribution >= 4 is 19.0 Å². The minimum Gasteiger partial charge on any atom is -0.294 e. The van der Waals surface area contributed by atoms with Crippen LogP contribution in [0, 0.1) is 23.3 Å². The van der Waals surface area contributed by atoms with Gasteiger partial charge in [-0.1, -0.05) is 19.6 Å². The zero-order valence-electron chi connectivity index (χ0n) is 9.92. The first-order valence-electron chi connectivity index (χ1n) is 4.96. The van der Waals surface area contributed by atoms with Crippen LogP contribution >= 0.6 is 0 Å². The molecule has 0 aliphatic carbocycles. The summed E-state index contributed by atoms with van der Waals surface area (Å²) >= 11 is 0. The van der Waals surface area contributed by atoms with Crippen molar-refractivity contribution in [3.8, 4) is 0 Å². The number of carbonyl (C=O) groups excluding carboxylic acids is 1. The molecule has 1 nitrogen and oxygen atoms in total. The minimum absolute atomic E-state index is 0.304. The molecule has 6 heteroatoms. The molecule has 0 fully saturated rings. The number of ketones is 1. The molecular formula is C11H12F4OSi. The average Bonchev–Trinajstić information content (AvgIpc) is 2.17. The third-order valence-electron chi connectivity index (χ3n) is 2.37. The van der Waals surface area contributed by atoms with E-state index >= 15 is 0 Å². The number of hydrogen-bond acceptors (Lipinski definition) is 1. The maximum absolute atomic E-state index is 13.7. The van der Waals surface area contributed by atoms with Crippen LogP contribution in [0.3, 0.4) is 0 Å². The lowest BCUT2D eigenvalue weighted by Gasteiger charge is -2.21. The van der Waals surface area contributed by atoms with E-state index in [2.05, 4.69) is 0 Å². The van der Waals surface area contributed by atoms with Crippen molar-refractivity contribution in [2.45, 2.75) is 26.6 Å². The van der Waals surface area contributed by atoms with Gasteiger partial charge in [0.05, 0.1) is 13.6 Å². The van der Waals surface area contributed by atoms with Gasteiger partial charge in [-0.25, -0.2) is 17.6 Å². The smallest absolute Gasteiger partial charge is 0.198 e. The van der Waals surface area contributed by atoms with E-state index in [1.54, 1.807) is 19.6 Å². The molecule has 94 valence electrons. The standard InChI is InChI=1S/C11H12F4OSi/c1-5(16)6-7(12)8(13)9(14)10(15)11(6)17(2,3)4/h1-4H3. The molecule has 0 saturated heterocycles. The Morgan fingerprint density at radius 1 is 0.882 bits per heavy atom. The van der Waals surface area contributed by atoms with Gasteiger partial charge in [0.2, 0.25) is 0 Å². The molecule has 1 aromatic carbocycles. The predicted octanol–water partition coefficient (Wildman–Crippen LogP) is 2.99. The van der Waals surface area contributed by atoms with E-state index in [0.29, 0.717) is 0 Å². The highest BCUT2D eigenvalue weighted by molar-refractivity contribution is 6.89. The molecule has 0 unspecified atom stereocenters. The zero-order chi connectivity index (χ0) is 13.5. The van der Waals surface area contributed by atoms with Crippen LogP contribution in [0.4, 0.5) is 17.6 Å². The van der Waals surface area contributed by atoms with Crippen LogP contribution in [-0.2, 0) is 0 Å². The molecule has 0 saturated carbocycles. The molecule has 0 heterocycles. The molecule has 0 aromatic heterocycles. The zero-order valence-corrected chi connectivity index (χ0v) is 10.9. The van der Waals surface area contributed by atoms with Crippen LogP contribution in [0.15, 0.2) is 0 Å². The summed E-state index contributed by atoms with van der Waals surface area (Å²) in [4.78, 5) is 11.3. The third-order valence-corrected chi connectivity index (χ3v) is 4.34. The second-order valence-electron chi connectivity index (χ2n) is 4.81. The molecule has 1 rings (SSSR count). The fourth-order valence-electron chi connectivity index (χ4n) is 1.67. The molecule has 0 spiro atoms. The average molecular weight is 264 g/mol. The van der Waals surface area contributed by atoms with Gasteiger partial charge in [0, 0.05) is 0 Å². The monoisotopic (exact) mass is 264 g/mol. The molecule has 0 atom stereocenters. The van der Waals surface area contributed by atoms with Crippen LogP contribution in [0.5, 0.6) is 0 Å². The molecule has 1 aromatic rings. The molecule has 0 bridgehead atoms. The second-order valence-corrected chi connectivity index (χ2v) is 9.81. The van der Waals surface area contributed by atoms with E-state index in [-0.39, 0.29) is 5.19 Å². The Morgan fingerprint density at radius 3 is 1.65 bits per heavy atom.